The lowest BCUT2D eigenvalue weighted by molar-refractivity contribution is 0.579. The molecule has 5 heteroatoms. The first-order valence-corrected chi connectivity index (χ1v) is 6.38. The lowest BCUT2D eigenvalue weighted by atomic mass is 10.2. The van der Waals surface area contributed by atoms with Crippen molar-refractivity contribution >= 4 is 27.3 Å². The largest absolute Gasteiger partial charge is 0.305 e. The van der Waals surface area contributed by atoms with E-state index in [0.29, 0.717) is 6.04 Å². The number of halogens is 1. The van der Waals surface area contributed by atoms with Gasteiger partial charge in [-0.1, -0.05) is 0 Å². The second-order valence-electron chi connectivity index (χ2n) is 3.37. The Kier molecular flexibility index (Phi) is 3.56. The number of aromatic nitrogens is 2. The van der Waals surface area contributed by atoms with Crippen LogP contribution in [0.3, 0.4) is 0 Å². The maximum absolute atomic E-state index is 3.93. The van der Waals surface area contributed by atoms with Gasteiger partial charge in [0.05, 0.1) is 6.20 Å². The van der Waals surface area contributed by atoms with E-state index in [0.717, 1.165) is 11.0 Å². The van der Waals surface area contributed by atoms with E-state index in [1.165, 1.54) is 10.4 Å². The SMILES string of the molecule is CC(NCc1cc(Br)cs1)c1cn[nH]c1. The average Bonchev–Trinajstić information content (AvgIpc) is 2.84. The van der Waals surface area contributed by atoms with E-state index in [2.05, 4.69) is 49.8 Å². The van der Waals surface area contributed by atoms with E-state index in [9.17, 15) is 0 Å². The Labute approximate surface area is 101 Å². The molecular weight excluding hydrogens is 274 g/mol. The van der Waals surface area contributed by atoms with Gasteiger partial charge in [-0.15, -0.1) is 11.3 Å². The molecule has 2 rings (SSSR count). The Balaban J connectivity index is 1.88. The molecule has 3 nitrogen and oxygen atoms in total. The zero-order valence-corrected chi connectivity index (χ0v) is 10.7. The van der Waals surface area contributed by atoms with E-state index in [4.69, 9.17) is 0 Å². The minimum atomic E-state index is 0.324. The number of H-pyrrole nitrogens is 1. The van der Waals surface area contributed by atoms with Crippen molar-refractivity contribution in [1.82, 2.24) is 15.5 Å². The molecule has 80 valence electrons. The van der Waals surface area contributed by atoms with Crippen molar-refractivity contribution in [3.8, 4) is 0 Å². The molecule has 2 aromatic rings. The summed E-state index contributed by atoms with van der Waals surface area (Å²) in [6.07, 6.45) is 3.77. The molecule has 2 aromatic heterocycles. The Morgan fingerprint density at radius 2 is 2.53 bits per heavy atom. The van der Waals surface area contributed by atoms with Crippen molar-refractivity contribution in [2.45, 2.75) is 19.5 Å². The van der Waals surface area contributed by atoms with E-state index >= 15 is 0 Å². The van der Waals surface area contributed by atoms with Gasteiger partial charge in [-0.2, -0.15) is 5.10 Å². The molecule has 0 aliphatic rings. The van der Waals surface area contributed by atoms with Gasteiger partial charge < -0.3 is 5.32 Å². The lowest BCUT2D eigenvalue weighted by Crippen LogP contribution is -2.16. The first-order chi connectivity index (χ1) is 7.25. The topological polar surface area (TPSA) is 40.7 Å². The zero-order chi connectivity index (χ0) is 10.7. The minimum Gasteiger partial charge on any atom is -0.305 e. The fourth-order valence-electron chi connectivity index (χ4n) is 1.32. The summed E-state index contributed by atoms with van der Waals surface area (Å²) in [5, 5.41) is 12.3. The molecule has 0 radical (unpaired) electrons. The van der Waals surface area contributed by atoms with Crippen molar-refractivity contribution < 1.29 is 0 Å². The summed E-state index contributed by atoms with van der Waals surface area (Å²) < 4.78 is 1.15. The number of hydrogen-bond donors (Lipinski definition) is 2. The summed E-state index contributed by atoms with van der Waals surface area (Å²) in [4.78, 5) is 1.33. The highest BCUT2D eigenvalue weighted by molar-refractivity contribution is 9.10. The molecular formula is C10H12BrN3S. The summed E-state index contributed by atoms with van der Waals surface area (Å²) >= 11 is 5.20. The van der Waals surface area contributed by atoms with E-state index < -0.39 is 0 Å². The van der Waals surface area contributed by atoms with Gasteiger partial charge in [-0.3, -0.25) is 5.10 Å². The lowest BCUT2D eigenvalue weighted by Gasteiger charge is -2.10. The van der Waals surface area contributed by atoms with Crippen LogP contribution in [0.2, 0.25) is 0 Å². The van der Waals surface area contributed by atoms with Crippen LogP contribution in [0.1, 0.15) is 23.4 Å². The quantitative estimate of drug-likeness (QED) is 0.906. The standard InChI is InChI=1S/C10H12BrN3S/c1-7(8-3-13-14-4-8)12-5-10-2-9(11)6-15-10/h2-4,6-7,12H,5H2,1H3,(H,13,14). The van der Waals surface area contributed by atoms with Gasteiger partial charge in [-0.05, 0) is 28.9 Å². The monoisotopic (exact) mass is 285 g/mol. The first-order valence-electron chi connectivity index (χ1n) is 4.70. The van der Waals surface area contributed by atoms with Crippen LogP contribution in [0.15, 0.2) is 28.3 Å². The van der Waals surface area contributed by atoms with Gasteiger partial charge in [0.1, 0.15) is 0 Å². The third-order valence-corrected chi connectivity index (χ3v) is 3.92. The number of thiophene rings is 1. The summed E-state index contributed by atoms with van der Waals surface area (Å²) in [7, 11) is 0. The van der Waals surface area contributed by atoms with Crippen LogP contribution in [0, 0.1) is 0 Å². The van der Waals surface area contributed by atoms with Gasteiger partial charge in [0.15, 0.2) is 0 Å². The normalized spacial score (nSPS) is 12.9. The Hall–Kier alpha value is -0.650. The van der Waals surface area contributed by atoms with Crippen LogP contribution >= 0.6 is 27.3 Å². The molecule has 1 unspecified atom stereocenters. The summed E-state index contributed by atoms with van der Waals surface area (Å²) in [5.74, 6) is 0. The third kappa shape index (κ3) is 2.90. The summed E-state index contributed by atoms with van der Waals surface area (Å²) in [6.45, 7) is 3.02. The maximum Gasteiger partial charge on any atom is 0.0534 e. The third-order valence-electron chi connectivity index (χ3n) is 2.22. The molecule has 0 spiro atoms. The second-order valence-corrected chi connectivity index (χ2v) is 5.28. The molecule has 2 heterocycles. The first kappa shape index (κ1) is 10.9. The number of rotatable bonds is 4. The van der Waals surface area contributed by atoms with Crippen LogP contribution in [0.4, 0.5) is 0 Å². The molecule has 0 saturated heterocycles. The number of nitrogens with zero attached hydrogens (tertiary/aromatic N) is 1. The van der Waals surface area contributed by atoms with E-state index in [-0.39, 0.29) is 0 Å². The fourth-order valence-corrected chi connectivity index (χ4v) is 2.72. The van der Waals surface area contributed by atoms with Crippen molar-refractivity contribution in [3.63, 3.8) is 0 Å². The molecule has 0 aromatic carbocycles. The van der Waals surface area contributed by atoms with Crippen molar-refractivity contribution in [1.29, 1.82) is 0 Å². The zero-order valence-electron chi connectivity index (χ0n) is 8.33. The van der Waals surface area contributed by atoms with Crippen LogP contribution < -0.4 is 5.32 Å². The Morgan fingerprint density at radius 1 is 1.67 bits per heavy atom. The minimum absolute atomic E-state index is 0.324. The molecule has 0 amide bonds. The van der Waals surface area contributed by atoms with Crippen molar-refractivity contribution in [2.24, 2.45) is 0 Å². The van der Waals surface area contributed by atoms with Crippen LogP contribution in [-0.4, -0.2) is 10.2 Å². The maximum atomic E-state index is 3.93. The van der Waals surface area contributed by atoms with Gasteiger partial charge in [-0.25, -0.2) is 0 Å². The molecule has 2 N–H and O–H groups in total. The predicted octanol–water partition coefficient (Wildman–Crippen LogP) is 3.08. The Morgan fingerprint density at radius 3 is 3.13 bits per heavy atom. The molecule has 0 fully saturated rings. The predicted molar refractivity (Wildman–Crippen MR) is 65.9 cm³/mol. The smallest absolute Gasteiger partial charge is 0.0534 e. The molecule has 0 saturated carbocycles. The van der Waals surface area contributed by atoms with Crippen molar-refractivity contribution in [3.05, 3.63) is 38.8 Å². The average molecular weight is 286 g/mol. The molecule has 1 atom stereocenters. The van der Waals surface area contributed by atoms with Crippen LogP contribution in [-0.2, 0) is 6.54 Å². The van der Waals surface area contributed by atoms with Crippen LogP contribution in [0.5, 0.6) is 0 Å². The summed E-state index contributed by atoms with van der Waals surface area (Å²) in [6, 6.07) is 2.46. The highest BCUT2D eigenvalue weighted by Crippen LogP contribution is 2.20. The molecule has 0 bridgehead atoms. The summed E-state index contributed by atoms with van der Waals surface area (Å²) in [5.41, 5.74) is 1.19. The number of aromatic amines is 1. The Bertz CT molecular complexity index is 410. The van der Waals surface area contributed by atoms with E-state index in [1.807, 2.05) is 12.4 Å². The highest BCUT2D eigenvalue weighted by Gasteiger charge is 2.06. The molecule has 0 aliphatic carbocycles. The number of hydrogen-bond acceptors (Lipinski definition) is 3. The van der Waals surface area contributed by atoms with Crippen molar-refractivity contribution in [2.75, 3.05) is 0 Å². The van der Waals surface area contributed by atoms with Crippen LogP contribution in [0.25, 0.3) is 0 Å². The fraction of sp³-hybridized carbons (Fsp3) is 0.300. The molecule has 15 heavy (non-hydrogen) atoms. The highest BCUT2D eigenvalue weighted by atomic mass is 79.9. The van der Waals surface area contributed by atoms with E-state index in [1.54, 1.807) is 11.3 Å². The molecule has 0 aliphatic heterocycles. The second kappa shape index (κ2) is 4.92. The van der Waals surface area contributed by atoms with Gasteiger partial charge in [0.2, 0.25) is 0 Å². The van der Waals surface area contributed by atoms with Gasteiger partial charge >= 0.3 is 0 Å². The van der Waals surface area contributed by atoms with Gasteiger partial charge in [0.25, 0.3) is 0 Å². The van der Waals surface area contributed by atoms with Gasteiger partial charge in [0, 0.05) is 39.1 Å². The number of nitrogens with one attached hydrogen (secondary N) is 2.